The molecule has 3 aromatic rings. The van der Waals surface area contributed by atoms with Gasteiger partial charge in [0.05, 0.1) is 16.9 Å². The minimum Gasteiger partial charge on any atom is -0.497 e. The zero-order valence-electron chi connectivity index (χ0n) is 15.4. The second-order valence-electron chi connectivity index (χ2n) is 5.96. The standard InChI is InChI=1S/C21H17ClN2O4S/c1-28-18-11-16(22)12-20(13-18)29(26,27)19-7-5-17(6-8-19)24-21(25)9-4-15-3-2-10-23-14-15/h2-14H,1H3,(H,24,25). The Morgan fingerprint density at radius 1 is 1.10 bits per heavy atom. The maximum Gasteiger partial charge on any atom is 0.248 e. The fourth-order valence-electron chi connectivity index (χ4n) is 2.49. The third kappa shape index (κ3) is 5.22. The fraction of sp³-hybridized carbons (Fsp3) is 0.0476. The summed E-state index contributed by atoms with van der Waals surface area (Å²) in [6.07, 6.45) is 6.29. The van der Waals surface area contributed by atoms with Gasteiger partial charge in [-0.2, -0.15) is 0 Å². The zero-order chi connectivity index (χ0) is 20.9. The molecule has 0 aliphatic rings. The molecular weight excluding hydrogens is 412 g/mol. The second-order valence-corrected chi connectivity index (χ2v) is 8.35. The number of anilines is 1. The first-order valence-corrected chi connectivity index (χ1v) is 10.3. The summed E-state index contributed by atoms with van der Waals surface area (Å²) >= 11 is 5.98. The minimum atomic E-state index is -3.78. The number of ether oxygens (including phenoxy) is 1. The summed E-state index contributed by atoms with van der Waals surface area (Å²) in [5.41, 5.74) is 1.26. The lowest BCUT2D eigenvalue weighted by molar-refractivity contribution is -0.111. The average Bonchev–Trinajstić information content (AvgIpc) is 2.73. The van der Waals surface area contributed by atoms with Gasteiger partial charge in [-0.15, -0.1) is 0 Å². The van der Waals surface area contributed by atoms with Crippen LogP contribution in [-0.2, 0) is 14.6 Å². The first-order chi connectivity index (χ1) is 13.9. The molecule has 0 aliphatic carbocycles. The van der Waals surface area contributed by atoms with Crippen LogP contribution in [0.3, 0.4) is 0 Å². The van der Waals surface area contributed by atoms with Crippen molar-refractivity contribution in [3.05, 3.63) is 83.7 Å². The zero-order valence-corrected chi connectivity index (χ0v) is 16.9. The number of rotatable bonds is 6. The summed E-state index contributed by atoms with van der Waals surface area (Å²) in [6.45, 7) is 0. The van der Waals surface area contributed by atoms with E-state index in [0.717, 1.165) is 5.56 Å². The van der Waals surface area contributed by atoms with Gasteiger partial charge in [-0.05, 0) is 60.2 Å². The normalized spacial score (nSPS) is 11.4. The predicted molar refractivity (Wildman–Crippen MR) is 112 cm³/mol. The molecule has 0 saturated carbocycles. The van der Waals surface area contributed by atoms with Crippen LogP contribution in [0.15, 0.2) is 82.9 Å². The molecule has 0 unspecified atom stereocenters. The highest BCUT2D eigenvalue weighted by Crippen LogP contribution is 2.28. The molecule has 0 bridgehead atoms. The number of hydrogen-bond acceptors (Lipinski definition) is 5. The van der Waals surface area contributed by atoms with E-state index in [4.69, 9.17) is 16.3 Å². The molecule has 6 nitrogen and oxygen atoms in total. The van der Waals surface area contributed by atoms with Gasteiger partial charge in [0.25, 0.3) is 0 Å². The van der Waals surface area contributed by atoms with Crippen molar-refractivity contribution in [2.45, 2.75) is 9.79 Å². The molecule has 29 heavy (non-hydrogen) atoms. The molecule has 0 radical (unpaired) electrons. The fourth-order valence-corrected chi connectivity index (χ4v) is 4.10. The Hall–Kier alpha value is -3.16. The summed E-state index contributed by atoms with van der Waals surface area (Å²) in [4.78, 5) is 16.1. The number of hydrogen-bond donors (Lipinski definition) is 1. The van der Waals surface area contributed by atoms with Crippen molar-refractivity contribution in [3.8, 4) is 5.75 Å². The molecule has 3 rings (SSSR count). The molecule has 2 aromatic carbocycles. The van der Waals surface area contributed by atoms with Gasteiger partial charge in [-0.1, -0.05) is 17.7 Å². The molecule has 8 heteroatoms. The maximum atomic E-state index is 12.8. The van der Waals surface area contributed by atoms with Crippen molar-refractivity contribution >= 4 is 39.1 Å². The number of halogens is 1. The van der Waals surface area contributed by atoms with Crippen LogP contribution in [0.2, 0.25) is 5.02 Å². The molecule has 1 amide bonds. The number of methoxy groups -OCH3 is 1. The van der Waals surface area contributed by atoms with Crippen molar-refractivity contribution in [2.75, 3.05) is 12.4 Å². The highest BCUT2D eigenvalue weighted by atomic mass is 35.5. The number of pyridine rings is 1. The number of carbonyl (C=O) groups excluding carboxylic acids is 1. The van der Waals surface area contributed by atoms with E-state index in [9.17, 15) is 13.2 Å². The molecule has 1 aromatic heterocycles. The van der Waals surface area contributed by atoms with Crippen molar-refractivity contribution in [1.29, 1.82) is 0 Å². The van der Waals surface area contributed by atoms with E-state index < -0.39 is 9.84 Å². The Bertz CT molecular complexity index is 1150. The molecule has 0 spiro atoms. The van der Waals surface area contributed by atoms with Crippen LogP contribution < -0.4 is 10.1 Å². The van der Waals surface area contributed by atoms with Gasteiger partial charge >= 0.3 is 0 Å². The van der Waals surface area contributed by atoms with Crippen molar-refractivity contribution in [2.24, 2.45) is 0 Å². The SMILES string of the molecule is COc1cc(Cl)cc(S(=O)(=O)c2ccc(NC(=O)C=Cc3cccnc3)cc2)c1. The third-order valence-electron chi connectivity index (χ3n) is 3.93. The van der Waals surface area contributed by atoms with Gasteiger partial charge in [0.1, 0.15) is 5.75 Å². The van der Waals surface area contributed by atoms with Gasteiger partial charge in [-0.25, -0.2) is 8.42 Å². The van der Waals surface area contributed by atoms with Crippen LogP contribution in [0, 0.1) is 0 Å². The second kappa shape index (κ2) is 8.89. The largest absolute Gasteiger partial charge is 0.497 e. The van der Waals surface area contributed by atoms with E-state index in [-0.39, 0.29) is 20.7 Å². The Kier molecular flexibility index (Phi) is 6.31. The van der Waals surface area contributed by atoms with Gasteiger partial charge in [-0.3, -0.25) is 9.78 Å². The van der Waals surface area contributed by atoms with Crippen molar-refractivity contribution in [1.82, 2.24) is 4.98 Å². The van der Waals surface area contributed by atoms with Crippen LogP contribution in [-0.4, -0.2) is 26.4 Å². The number of carbonyl (C=O) groups is 1. The monoisotopic (exact) mass is 428 g/mol. The number of nitrogens with one attached hydrogen (secondary N) is 1. The molecule has 1 heterocycles. The van der Waals surface area contributed by atoms with E-state index >= 15 is 0 Å². The molecule has 0 fully saturated rings. The van der Waals surface area contributed by atoms with E-state index in [1.165, 1.54) is 55.7 Å². The summed E-state index contributed by atoms with van der Waals surface area (Å²) in [6, 6.07) is 13.8. The smallest absolute Gasteiger partial charge is 0.248 e. The first kappa shape index (κ1) is 20.6. The average molecular weight is 429 g/mol. The summed E-state index contributed by atoms with van der Waals surface area (Å²) in [7, 11) is -2.35. The summed E-state index contributed by atoms with van der Waals surface area (Å²) < 4.78 is 30.7. The lowest BCUT2D eigenvalue weighted by atomic mass is 10.2. The van der Waals surface area contributed by atoms with E-state index in [0.29, 0.717) is 11.4 Å². The van der Waals surface area contributed by atoms with Crippen LogP contribution >= 0.6 is 11.6 Å². The number of nitrogens with zero attached hydrogens (tertiary/aromatic N) is 1. The highest BCUT2D eigenvalue weighted by Gasteiger charge is 2.19. The molecule has 0 atom stereocenters. The molecule has 0 saturated heterocycles. The first-order valence-electron chi connectivity index (χ1n) is 8.47. The van der Waals surface area contributed by atoms with Crippen LogP contribution in [0.5, 0.6) is 5.75 Å². The Morgan fingerprint density at radius 3 is 2.52 bits per heavy atom. The van der Waals surface area contributed by atoms with Crippen LogP contribution in [0.4, 0.5) is 5.69 Å². The quantitative estimate of drug-likeness (QED) is 0.594. The number of sulfone groups is 1. The minimum absolute atomic E-state index is 0.0260. The third-order valence-corrected chi connectivity index (χ3v) is 5.90. The van der Waals surface area contributed by atoms with Crippen molar-refractivity contribution in [3.63, 3.8) is 0 Å². The molecule has 1 N–H and O–H groups in total. The summed E-state index contributed by atoms with van der Waals surface area (Å²) in [5, 5.41) is 2.93. The van der Waals surface area contributed by atoms with Gasteiger partial charge in [0.15, 0.2) is 0 Å². The lowest BCUT2D eigenvalue weighted by Gasteiger charge is -2.09. The number of benzene rings is 2. The highest BCUT2D eigenvalue weighted by molar-refractivity contribution is 7.91. The Balaban J connectivity index is 1.75. The Morgan fingerprint density at radius 2 is 1.86 bits per heavy atom. The van der Waals surface area contributed by atoms with Gasteiger partial charge < -0.3 is 10.1 Å². The molecular formula is C21H17ClN2O4S. The number of aromatic nitrogens is 1. The summed E-state index contributed by atoms with van der Waals surface area (Å²) in [5.74, 6) is 0.00407. The lowest BCUT2D eigenvalue weighted by Crippen LogP contribution is -2.08. The number of amides is 1. The Labute approximate surface area is 173 Å². The topological polar surface area (TPSA) is 85.4 Å². The van der Waals surface area contributed by atoms with Crippen LogP contribution in [0.1, 0.15) is 5.56 Å². The van der Waals surface area contributed by atoms with Gasteiger partial charge in [0, 0.05) is 29.2 Å². The van der Waals surface area contributed by atoms with E-state index in [1.807, 2.05) is 6.07 Å². The van der Waals surface area contributed by atoms with E-state index in [1.54, 1.807) is 24.5 Å². The van der Waals surface area contributed by atoms with Crippen LogP contribution in [0.25, 0.3) is 6.08 Å². The van der Waals surface area contributed by atoms with E-state index in [2.05, 4.69) is 10.3 Å². The molecule has 148 valence electrons. The predicted octanol–water partition coefficient (Wildman–Crippen LogP) is 4.23. The van der Waals surface area contributed by atoms with Gasteiger partial charge in [0.2, 0.25) is 15.7 Å². The maximum absolute atomic E-state index is 12.8. The molecule has 0 aliphatic heterocycles. The van der Waals surface area contributed by atoms with Crippen molar-refractivity contribution < 1.29 is 17.9 Å².